The Hall–Kier alpha value is -0.780. The van der Waals surface area contributed by atoms with Gasteiger partial charge in [-0.25, -0.2) is 8.42 Å². The summed E-state index contributed by atoms with van der Waals surface area (Å²) in [6.07, 6.45) is 1.69. The van der Waals surface area contributed by atoms with Crippen molar-refractivity contribution in [1.82, 2.24) is 0 Å². The number of hydrogen-bond acceptors (Lipinski definition) is 4. The molecule has 0 aliphatic rings. The molecule has 1 aromatic rings. The first-order valence-electron chi connectivity index (χ1n) is 6.57. The number of halogens is 1. The van der Waals surface area contributed by atoms with Crippen molar-refractivity contribution < 1.29 is 17.9 Å². The lowest BCUT2D eigenvalue weighted by molar-refractivity contribution is 0.0902. The molecule has 114 valence electrons. The van der Waals surface area contributed by atoms with Gasteiger partial charge in [-0.15, -0.1) is 0 Å². The molecule has 0 N–H and O–H groups in total. The Morgan fingerprint density at radius 1 is 1.25 bits per heavy atom. The molecule has 0 aromatic heterocycles. The zero-order valence-electron chi connectivity index (χ0n) is 11.8. The van der Waals surface area contributed by atoms with Crippen LogP contribution in [-0.2, 0) is 20.4 Å². The molecule has 1 atom stereocenters. The summed E-state index contributed by atoms with van der Waals surface area (Å²) in [6.45, 7) is 2.86. The van der Waals surface area contributed by atoms with Crippen LogP contribution in [0.1, 0.15) is 25.3 Å². The maximum atomic E-state index is 11.1. The second-order valence-corrected chi connectivity index (χ2v) is 7.55. The van der Waals surface area contributed by atoms with Crippen LogP contribution in [0.5, 0.6) is 5.75 Å². The molecule has 0 saturated carbocycles. The van der Waals surface area contributed by atoms with Gasteiger partial charge in [0.1, 0.15) is 5.75 Å². The monoisotopic (exact) mass is 320 g/mol. The summed E-state index contributed by atoms with van der Waals surface area (Å²) in [4.78, 5) is 0. The van der Waals surface area contributed by atoms with Gasteiger partial charge in [-0.2, -0.15) is 0 Å². The highest BCUT2D eigenvalue weighted by atomic mass is 35.7. The van der Waals surface area contributed by atoms with Gasteiger partial charge in [0, 0.05) is 10.7 Å². The van der Waals surface area contributed by atoms with Crippen molar-refractivity contribution in [1.29, 1.82) is 0 Å². The highest BCUT2D eigenvalue weighted by Crippen LogP contribution is 2.15. The predicted molar refractivity (Wildman–Crippen MR) is 80.7 cm³/mol. The zero-order valence-corrected chi connectivity index (χ0v) is 13.4. The third-order valence-electron chi connectivity index (χ3n) is 2.91. The molecule has 0 amide bonds. The Morgan fingerprint density at radius 2 is 1.90 bits per heavy atom. The minimum absolute atomic E-state index is 0.0367. The van der Waals surface area contributed by atoms with Crippen LogP contribution < -0.4 is 4.74 Å². The number of benzene rings is 1. The largest absolute Gasteiger partial charge is 0.497 e. The SMILES string of the molecule is CCCC(COCc1ccc(OC)cc1)CS(=O)(=O)Cl. The van der Waals surface area contributed by atoms with Crippen LogP contribution in [0.2, 0.25) is 0 Å². The summed E-state index contributed by atoms with van der Waals surface area (Å²) in [5, 5.41) is 0. The van der Waals surface area contributed by atoms with Crippen molar-refractivity contribution in [2.24, 2.45) is 5.92 Å². The first kappa shape index (κ1) is 17.3. The van der Waals surface area contributed by atoms with E-state index >= 15 is 0 Å². The van der Waals surface area contributed by atoms with E-state index in [-0.39, 0.29) is 11.7 Å². The zero-order chi connectivity index (χ0) is 15.0. The first-order valence-corrected chi connectivity index (χ1v) is 9.05. The van der Waals surface area contributed by atoms with E-state index in [1.165, 1.54) is 0 Å². The Labute approximate surface area is 125 Å². The minimum Gasteiger partial charge on any atom is -0.497 e. The van der Waals surface area contributed by atoms with E-state index in [0.717, 1.165) is 24.2 Å². The molecule has 0 bridgehead atoms. The van der Waals surface area contributed by atoms with Gasteiger partial charge in [0.15, 0.2) is 0 Å². The Balaban J connectivity index is 2.42. The lowest BCUT2D eigenvalue weighted by Gasteiger charge is -2.14. The van der Waals surface area contributed by atoms with Gasteiger partial charge in [-0.05, 0) is 30.0 Å². The van der Waals surface area contributed by atoms with Gasteiger partial charge in [-0.3, -0.25) is 0 Å². The maximum Gasteiger partial charge on any atom is 0.232 e. The van der Waals surface area contributed by atoms with Gasteiger partial charge in [0.05, 0.1) is 26.1 Å². The standard InChI is InChI=1S/C14H21ClO4S/c1-3-4-13(11-20(15,16)17)10-19-9-12-5-7-14(18-2)8-6-12/h5-8,13H,3-4,9-11H2,1-2H3. The second kappa shape index (κ2) is 8.49. The van der Waals surface area contributed by atoms with Crippen molar-refractivity contribution in [2.75, 3.05) is 19.5 Å². The Morgan fingerprint density at radius 3 is 2.40 bits per heavy atom. The third kappa shape index (κ3) is 7.12. The van der Waals surface area contributed by atoms with Gasteiger partial charge in [-0.1, -0.05) is 25.5 Å². The fourth-order valence-corrected chi connectivity index (χ4v) is 3.33. The molecule has 0 heterocycles. The number of hydrogen-bond donors (Lipinski definition) is 0. The molecule has 4 nitrogen and oxygen atoms in total. The third-order valence-corrected chi connectivity index (χ3v) is 4.16. The van der Waals surface area contributed by atoms with Crippen LogP contribution in [0.3, 0.4) is 0 Å². The lowest BCUT2D eigenvalue weighted by atomic mass is 10.1. The molecule has 0 spiro atoms. The van der Waals surface area contributed by atoms with E-state index in [9.17, 15) is 8.42 Å². The average Bonchev–Trinajstić information content (AvgIpc) is 2.38. The van der Waals surface area contributed by atoms with Crippen LogP contribution in [0.15, 0.2) is 24.3 Å². The maximum absolute atomic E-state index is 11.1. The highest BCUT2D eigenvalue weighted by molar-refractivity contribution is 8.13. The quantitative estimate of drug-likeness (QED) is 0.656. The minimum atomic E-state index is -3.47. The normalized spacial score (nSPS) is 13.2. The van der Waals surface area contributed by atoms with E-state index in [2.05, 4.69) is 0 Å². The van der Waals surface area contributed by atoms with Crippen molar-refractivity contribution in [3.63, 3.8) is 0 Å². The molecule has 20 heavy (non-hydrogen) atoms. The van der Waals surface area contributed by atoms with Crippen molar-refractivity contribution in [3.05, 3.63) is 29.8 Å². The smallest absolute Gasteiger partial charge is 0.232 e. The Bertz CT molecular complexity index is 484. The number of ether oxygens (including phenoxy) is 2. The summed E-state index contributed by atoms with van der Waals surface area (Å²) >= 11 is 0. The topological polar surface area (TPSA) is 52.6 Å². The van der Waals surface area contributed by atoms with Crippen molar-refractivity contribution in [2.45, 2.75) is 26.4 Å². The molecule has 1 unspecified atom stereocenters. The van der Waals surface area contributed by atoms with Crippen molar-refractivity contribution >= 4 is 19.7 Å². The summed E-state index contributed by atoms with van der Waals surface area (Å²) in [7, 11) is 3.44. The van der Waals surface area contributed by atoms with Crippen LogP contribution in [0, 0.1) is 5.92 Å². The summed E-state index contributed by atoms with van der Waals surface area (Å²) in [5.74, 6) is 0.706. The lowest BCUT2D eigenvalue weighted by Crippen LogP contribution is -2.18. The Kier molecular flexibility index (Phi) is 7.34. The van der Waals surface area contributed by atoms with Gasteiger partial charge in [0.25, 0.3) is 0 Å². The van der Waals surface area contributed by atoms with E-state index < -0.39 is 9.05 Å². The second-order valence-electron chi connectivity index (χ2n) is 4.72. The molecule has 0 aliphatic carbocycles. The van der Waals surface area contributed by atoms with Gasteiger partial charge in [0.2, 0.25) is 9.05 Å². The van der Waals surface area contributed by atoms with E-state index in [1.807, 2.05) is 31.2 Å². The molecule has 0 aliphatic heterocycles. The molecule has 6 heteroatoms. The average molecular weight is 321 g/mol. The molecule has 0 fully saturated rings. The molecule has 0 saturated heterocycles. The molecular formula is C14H21ClO4S. The predicted octanol–water partition coefficient (Wildman–Crippen LogP) is 3.20. The van der Waals surface area contributed by atoms with Crippen LogP contribution >= 0.6 is 10.7 Å². The van der Waals surface area contributed by atoms with Crippen molar-refractivity contribution in [3.8, 4) is 5.75 Å². The first-order chi connectivity index (χ1) is 9.44. The highest BCUT2D eigenvalue weighted by Gasteiger charge is 2.16. The fraction of sp³-hybridized carbons (Fsp3) is 0.571. The fourth-order valence-electron chi connectivity index (χ4n) is 1.97. The summed E-state index contributed by atoms with van der Waals surface area (Å²) in [6, 6.07) is 7.58. The van der Waals surface area contributed by atoms with Crippen LogP contribution in [-0.4, -0.2) is 27.9 Å². The van der Waals surface area contributed by atoms with E-state index in [4.69, 9.17) is 20.2 Å². The van der Waals surface area contributed by atoms with Crippen LogP contribution in [0.25, 0.3) is 0 Å². The van der Waals surface area contributed by atoms with E-state index in [1.54, 1.807) is 7.11 Å². The number of rotatable bonds is 9. The van der Waals surface area contributed by atoms with E-state index in [0.29, 0.717) is 13.2 Å². The van der Waals surface area contributed by atoms with Gasteiger partial charge >= 0.3 is 0 Å². The van der Waals surface area contributed by atoms with Gasteiger partial charge < -0.3 is 9.47 Å². The molecule has 1 aromatic carbocycles. The number of methoxy groups -OCH3 is 1. The van der Waals surface area contributed by atoms with Crippen LogP contribution in [0.4, 0.5) is 0 Å². The molecule has 1 rings (SSSR count). The summed E-state index contributed by atoms with van der Waals surface area (Å²) < 4.78 is 32.9. The molecule has 0 radical (unpaired) electrons. The molecular weight excluding hydrogens is 300 g/mol. The summed E-state index contributed by atoms with van der Waals surface area (Å²) in [5.41, 5.74) is 1.02.